The minimum Gasteiger partial charge on any atom is -0.478 e. The summed E-state index contributed by atoms with van der Waals surface area (Å²) < 4.78 is 4.82. The maximum absolute atomic E-state index is 12.8. The van der Waals surface area contributed by atoms with E-state index < -0.39 is 17.8 Å². The first-order valence-electron chi connectivity index (χ1n) is 11.0. The van der Waals surface area contributed by atoms with E-state index >= 15 is 0 Å². The smallest absolute Gasteiger partial charge is 0.337 e. The van der Waals surface area contributed by atoms with Gasteiger partial charge in [-0.3, -0.25) is 4.79 Å². The van der Waals surface area contributed by atoms with Crippen LogP contribution in [0.2, 0.25) is 0 Å². The molecule has 9 nitrogen and oxygen atoms in total. The largest absolute Gasteiger partial charge is 0.478 e. The quantitative estimate of drug-likeness (QED) is 0.445. The van der Waals surface area contributed by atoms with Crippen LogP contribution < -0.4 is 5.32 Å². The Balaban J connectivity index is 1.76. The summed E-state index contributed by atoms with van der Waals surface area (Å²) in [5, 5.41) is 22.7. The Kier molecular flexibility index (Phi) is 6.52. The number of esters is 1. The Labute approximate surface area is 201 Å². The van der Waals surface area contributed by atoms with Crippen LogP contribution in [0, 0.1) is 13.8 Å². The van der Waals surface area contributed by atoms with Crippen LogP contribution in [0.1, 0.15) is 21.5 Å². The maximum Gasteiger partial charge on any atom is 0.337 e. The van der Waals surface area contributed by atoms with Crippen LogP contribution in [0.25, 0.3) is 22.2 Å². The van der Waals surface area contributed by atoms with Gasteiger partial charge >= 0.3 is 11.9 Å². The number of carbonyl (C=O) groups is 3. The predicted octanol–water partition coefficient (Wildman–Crippen LogP) is 2.89. The molecule has 1 aliphatic rings. The van der Waals surface area contributed by atoms with Gasteiger partial charge < -0.3 is 25.2 Å². The molecule has 0 aliphatic carbocycles. The Morgan fingerprint density at radius 3 is 2.63 bits per heavy atom. The van der Waals surface area contributed by atoms with Gasteiger partial charge in [-0.2, -0.15) is 0 Å². The standard InChI is InChI=1S/C26H25N3O6/c1-14-9-15(2)22-18(10-14)19(25(32)33)12-21(28-22)16-5-4-6-17(11-16)27-23-20(26(34)35-3)13-29(7-8-30)24(23)31/h4-6,9-12,27,30H,7-8,13H2,1-3H3,(H,32,33). The molecule has 35 heavy (non-hydrogen) atoms. The summed E-state index contributed by atoms with van der Waals surface area (Å²) in [4.78, 5) is 43.2. The molecule has 0 atom stereocenters. The summed E-state index contributed by atoms with van der Waals surface area (Å²) in [6, 6.07) is 12.3. The van der Waals surface area contributed by atoms with Gasteiger partial charge in [0.05, 0.1) is 42.6 Å². The van der Waals surface area contributed by atoms with Crippen molar-refractivity contribution in [2.45, 2.75) is 13.8 Å². The van der Waals surface area contributed by atoms with E-state index in [9.17, 15) is 24.6 Å². The number of aryl methyl sites for hydroxylation is 2. The highest BCUT2D eigenvalue weighted by atomic mass is 16.5. The lowest BCUT2D eigenvalue weighted by Crippen LogP contribution is -2.31. The van der Waals surface area contributed by atoms with Gasteiger partial charge in [0.2, 0.25) is 0 Å². The lowest BCUT2D eigenvalue weighted by Gasteiger charge is -2.15. The number of β-amino-alcohol motifs (C(OH)–C–C–N with tert-alkyl or cyclic N) is 1. The molecule has 4 rings (SSSR count). The summed E-state index contributed by atoms with van der Waals surface area (Å²) in [5.74, 6) is -2.11. The van der Waals surface area contributed by atoms with Crippen molar-refractivity contribution in [2.24, 2.45) is 0 Å². The molecule has 0 radical (unpaired) electrons. The highest BCUT2D eigenvalue weighted by molar-refractivity contribution is 6.09. The number of ether oxygens (including phenoxy) is 1. The molecular weight excluding hydrogens is 450 g/mol. The highest BCUT2D eigenvalue weighted by Crippen LogP contribution is 2.30. The number of carboxylic acid groups (broad SMARTS) is 1. The summed E-state index contributed by atoms with van der Waals surface area (Å²) in [6.45, 7) is 3.68. The van der Waals surface area contributed by atoms with E-state index in [1.807, 2.05) is 26.0 Å². The van der Waals surface area contributed by atoms with Gasteiger partial charge in [-0.05, 0) is 43.7 Å². The van der Waals surface area contributed by atoms with Gasteiger partial charge in [0.1, 0.15) is 5.70 Å². The van der Waals surface area contributed by atoms with E-state index in [-0.39, 0.29) is 36.5 Å². The zero-order chi connectivity index (χ0) is 25.3. The number of carboxylic acids is 1. The molecule has 2 heterocycles. The van der Waals surface area contributed by atoms with E-state index in [1.165, 1.54) is 18.1 Å². The van der Waals surface area contributed by atoms with Crippen molar-refractivity contribution in [3.05, 3.63) is 70.4 Å². The molecule has 0 unspecified atom stereocenters. The van der Waals surface area contributed by atoms with Crippen molar-refractivity contribution in [3.8, 4) is 11.3 Å². The number of nitrogens with one attached hydrogen (secondary N) is 1. The molecule has 2 aromatic carbocycles. The van der Waals surface area contributed by atoms with Gasteiger partial charge in [-0.15, -0.1) is 0 Å². The van der Waals surface area contributed by atoms with E-state index in [0.29, 0.717) is 27.8 Å². The number of carbonyl (C=O) groups excluding carboxylic acids is 2. The number of aliphatic hydroxyl groups excluding tert-OH is 1. The van der Waals surface area contributed by atoms with Gasteiger partial charge in [0, 0.05) is 23.2 Å². The second-order valence-corrected chi connectivity index (χ2v) is 8.34. The molecule has 180 valence electrons. The second-order valence-electron chi connectivity index (χ2n) is 8.34. The second kappa shape index (κ2) is 9.55. The third-order valence-corrected chi connectivity index (χ3v) is 5.86. The van der Waals surface area contributed by atoms with E-state index in [0.717, 1.165) is 11.1 Å². The molecule has 0 saturated heterocycles. The van der Waals surface area contributed by atoms with Crippen LogP contribution in [0.4, 0.5) is 5.69 Å². The molecule has 3 aromatic rings. The highest BCUT2D eigenvalue weighted by Gasteiger charge is 2.34. The number of aromatic carboxylic acids is 1. The van der Waals surface area contributed by atoms with E-state index in [2.05, 4.69) is 5.32 Å². The molecule has 0 bridgehead atoms. The number of fused-ring (bicyclic) bond motifs is 1. The third kappa shape index (κ3) is 4.58. The summed E-state index contributed by atoms with van der Waals surface area (Å²) in [6.07, 6.45) is 0. The monoisotopic (exact) mass is 475 g/mol. The predicted molar refractivity (Wildman–Crippen MR) is 130 cm³/mol. The molecule has 1 aromatic heterocycles. The molecule has 9 heteroatoms. The Bertz CT molecular complexity index is 1400. The van der Waals surface area contributed by atoms with Crippen molar-refractivity contribution < 1.29 is 29.3 Å². The van der Waals surface area contributed by atoms with Crippen LogP contribution in [0.3, 0.4) is 0 Å². The van der Waals surface area contributed by atoms with Crippen LogP contribution in [-0.4, -0.2) is 64.7 Å². The number of rotatable bonds is 7. The fraction of sp³-hybridized carbons (Fsp3) is 0.231. The maximum atomic E-state index is 12.8. The lowest BCUT2D eigenvalue weighted by molar-refractivity contribution is -0.136. The van der Waals surface area contributed by atoms with Crippen LogP contribution in [0.5, 0.6) is 0 Å². The third-order valence-electron chi connectivity index (χ3n) is 5.86. The van der Waals surface area contributed by atoms with Crippen molar-refractivity contribution in [2.75, 3.05) is 32.1 Å². The first-order valence-corrected chi connectivity index (χ1v) is 11.0. The number of benzene rings is 2. The Morgan fingerprint density at radius 2 is 1.94 bits per heavy atom. The number of hydrogen-bond acceptors (Lipinski definition) is 7. The number of methoxy groups -OCH3 is 1. The van der Waals surface area contributed by atoms with Crippen molar-refractivity contribution >= 4 is 34.4 Å². The van der Waals surface area contributed by atoms with Crippen molar-refractivity contribution in [3.63, 3.8) is 0 Å². The molecule has 3 N–H and O–H groups in total. The molecular formula is C26H25N3O6. The Hall–Kier alpha value is -4.24. The Morgan fingerprint density at radius 1 is 1.17 bits per heavy atom. The molecule has 1 aliphatic heterocycles. The first kappa shape index (κ1) is 23.9. The molecule has 0 saturated carbocycles. The van der Waals surface area contributed by atoms with Crippen LogP contribution in [-0.2, 0) is 14.3 Å². The van der Waals surface area contributed by atoms with E-state index in [1.54, 1.807) is 24.3 Å². The van der Waals surface area contributed by atoms with Gasteiger partial charge in [0.25, 0.3) is 5.91 Å². The summed E-state index contributed by atoms with van der Waals surface area (Å²) in [5.41, 5.74) is 4.42. The number of aliphatic hydroxyl groups is 1. The van der Waals surface area contributed by atoms with Gasteiger partial charge in [0.15, 0.2) is 0 Å². The van der Waals surface area contributed by atoms with Crippen molar-refractivity contribution in [1.82, 2.24) is 9.88 Å². The number of anilines is 1. The van der Waals surface area contributed by atoms with Gasteiger partial charge in [-0.25, -0.2) is 14.6 Å². The van der Waals surface area contributed by atoms with Crippen LogP contribution in [0.15, 0.2) is 53.7 Å². The van der Waals surface area contributed by atoms with E-state index in [4.69, 9.17) is 9.72 Å². The minimum atomic E-state index is -1.05. The zero-order valence-electron chi connectivity index (χ0n) is 19.6. The summed E-state index contributed by atoms with van der Waals surface area (Å²) >= 11 is 0. The SMILES string of the molecule is COC(=O)C1=C(Nc2cccc(-c3cc(C(=O)O)c4cc(C)cc(C)c4n3)c2)C(=O)N(CCO)C1. The van der Waals surface area contributed by atoms with Gasteiger partial charge in [-0.1, -0.05) is 23.8 Å². The number of nitrogens with zero attached hydrogens (tertiary/aromatic N) is 2. The number of hydrogen-bond donors (Lipinski definition) is 3. The topological polar surface area (TPSA) is 129 Å². The average Bonchev–Trinajstić information content (AvgIpc) is 3.13. The van der Waals surface area contributed by atoms with Crippen molar-refractivity contribution in [1.29, 1.82) is 0 Å². The minimum absolute atomic E-state index is 0.0288. The summed E-state index contributed by atoms with van der Waals surface area (Å²) in [7, 11) is 1.24. The number of aromatic nitrogens is 1. The zero-order valence-corrected chi connectivity index (χ0v) is 19.6. The average molecular weight is 476 g/mol. The first-order chi connectivity index (χ1) is 16.7. The molecule has 0 spiro atoms. The lowest BCUT2D eigenvalue weighted by atomic mass is 9.99. The fourth-order valence-corrected chi connectivity index (χ4v) is 4.26. The fourth-order valence-electron chi connectivity index (χ4n) is 4.26. The van der Waals surface area contributed by atoms with Crippen LogP contribution >= 0.6 is 0 Å². The normalized spacial score (nSPS) is 13.5. The molecule has 0 fully saturated rings. The molecule has 1 amide bonds. The number of pyridine rings is 1. The number of amides is 1.